The summed E-state index contributed by atoms with van der Waals surface area (Å²) in [6, 6.07) is 14.2. The highest BCUT2D eigenvalue weighted by atomic mass is 32.2. The lowest BCUT2D eigenvalue weighted by Gasteiger charge is -2.25. The van der Waals surface area contributed by atoms with Crippen LogP contribution in [0.15, 0.2) is 48.5 Å². The van der Waals surface area contributed by atoms with E-state index in [1.807, 2.05) is 56.5 Å². The van der Waals surface area contributed by atoms with E-state index in [2.05, 4.69) is 22.8 Å². The van der Waals surface area contributed by atoms with Crippen LogP contribution in [0.2, 0.25) is 0 Å². The Bertz CT molecular complexity index is 982. The van der Waals surface area contributed by atoms with Gasteiger partial charge in [-0.2, -0.15) is 11.8 Å². The highest BCUT2D eigenvalue weighted by molar-refractivity contribution is 7.98. The number of thioether (sulfide) groups is 1. The lowest BCUT2D eigenvalue weighted by atomic mass is 9.97. The van der Waals surface area contributed by atoms with E-state index in [0.29, 0.717) is 18.6 Å². The maximum absolute atomic E-state index is 12.9. The van der Waals surface area contributed by atoms with Crippen molar-refractivity contribution in [3.63, 3.8) is 0 Å². The van der Waals surface area contributed by atoms with Crippen LogP contribution in [0, 0.1) is 5.92 Å². The Morgan fingerprint density at radius 2 is 1.62 bits per heavy atom. The van der Waals surface area contributed by atoms with Gasteiger partial charge in [-0.3, -0.25) is 4.79 Å². The van der Waals surface area contributed by atoms with Crippen LogP contribution < -0.4 is 10.6 Å². The molecule has 7 nitrogen and oxygen atoms in total. The Morgan fingerprint density at radius 3 is 2.15 bits per heavy atom. The van der Waals surface area contributed by atoms with Gasteiger partial charge in [-0.15, -0.1) is 0 Å². The Hall–Kier alpha value is -3.00. The summed E-state index contributed by atoms with van der Waals surface area (Å²) in [6.45, 7) is 3.89. The minimum Gasteiger partial charge on any atom is -0.480 e. The van der Waals surface area contributed by atoms with Gasteiger partial charge in [0.05, 0.1) is 0 Å². The number of carbonyl (C=O) groups excluding carboxylic acids is 2. The number of aliphatic carboxylic acids is 1. The van der Waals surface area contributed by atoms with Crippen LogP contribution in [0.25, 0.3) is 11.1 Å². The number of ether oxygens (including phenoxy) is 1. The third-order valence-corrected chi connectivity index (χ3v) is 6.98. The first-order chi connectivity index (χ1) is 16.4. The molecule has 8 heteroatoms. The van der Waals surface area contributed by atoms with E-state index in [0.717, 1.165) is 22.3 Å². The minimum absolute atomic E-state index is 0.0861. The van der Waals surface area contributed by atoms with Crippen LogP contribution in [0.1, 0.15) is 43.7 Å². The molecule has 0 unspecified atom stereocenters. The van der Waals surface area contributed by atoms with Gasteiger partial charge in [-0.25, -0.2) is 9.59 Å². The molecule has 3 rings (SSSR count). The van der Waals surface area contributed by atoms with Gasteiger partial charge < -0.3 is 20.5 Å². The zero-order valence-corrected chi connectivity index (χ0v) is 20.6. The summed E-state index contributed by atoms with van der Waals surface area (Å²) in [5, 5.41) is 14.7. The lowest BCUT2D eigenvalue weighted by Crippen LogP contribution is -2.54. The summed E-state index contributed by atoms with van der Waals surface area (Å²) in [6.07, 6.45) is 2.12. The molecular weight excluding hydrogens is 452 g/mol. The number of carboxylic acid groups (broad SMARTS) is 1. The molecule has 0 aliphatic heterocycles. The number of nitrogens with one attached hydrogen (secondary N) is 2. The van der Waals surface area contributed by atoms with Crippen LogP contribution in [0.4, 0.5) is 4.79 Å². The van der Waals surface area contributed by atoms with Gasteiger partial charge in [0.15, 0.2) is 0 Å². The van der Waals surface area contributed by atoms with Gasteiger partial charge >= 0.3 is 12.1 Å². The first-order valence-corrected chi connectivity index (χ1v) is 12.9. The summed E-state index contributed by atoms with van der Waals surface area (Å²) < 4.78 is 5.58. The molecule has 0 bridgehead atoms. The van der Waals surface area contributed by atoms with Crippen molar-refractivity contribution >= 4 is 29.7 Å². The van der Waals surface area contributed by atoms with E-state index in [1.165, 1.54) is 11.8 Å². The Balaban J connectivity index is 1.66. The SMILES string of the molecule is CC[C@H](C)[C@H](NC(=O)OCC1c2ccccc2-c2ccccc21)C(=O)N[C@H](CCSC)C(=O)O. The number of hydrogen-bond donors (Lipinski definition) is 3. The standard InChI is InChI=1S/C26H32N2O5S/c1-4-16(2)23(24(29)27-22(25(30)31)13-14-34-3)28-26(32)33-15-21-19-11-7-5-9-17(19)18-10-6-8-12-20(18)21/h5-12,16,21-23H,4,13-15H2,1-3H3,(H,27,29)(H,28,32)(H,30,31)/t16-,22+,23-/m0/s1. The number of benzene rings is 2. The van der Waals surface area contributed by atoms with E-state index in [-0.39, 0.29) is 18.4 Å². The second-order valence-electron chi connectivity index (χ2n) is 8.51. The van der Waals surface area contributed by atoms with Crippen molar-refractivity contribution in [2.45, 2.75) is 44.7 Å². The van der Waals surface area contributed by atoms with E-state index in [1.54, 1.807) is 0 Å². The maximum atomic E-state index is 12.9. The van der Waals surface area contributed by atoms with E-state index in [9.17, 15) is 19.5 Å². The predicted octanol–water partition coefficient (Wildman–Crippen LogP) is 4.26. The molecule has 2 aromatic rings. The molecular formula is C26H32N2O5S. The average Bonchev–Trinajstić information content (AvgIpc) is 3.16. The van der Waals surface area contributed by atoms with E-state index >= 15 is 0 Å². The number of carboxylic acids is 1. The second kappa shape index (κ2) is 11.9. The number of alkyl carbamates (subject to hydrolysis) is 1. The van der Waals surface area contributed by atoms with Gasteiger partial charge in [0.25, 0.3) is 0 Å². The third kappa shape index (κ3) is 5.91. The molecule has 182 valence electrons. The molecule has 3 atom stereocenters. The average molecular weight is 485 g/mol. The molecule has 1 aliphatic rings. The van der Waals surface area contributed by atoms with Crippen LogP contribution in [-0.4, -0.2) is 53.8 Å². The molecule has 0 heterocycles. The van der Waals surface area contributed by atoms with Crippen LogP contribution in [0.3, 0.4) is 0 Å². The molecule has 0 spiro atoms. The lowest BCUT2D eigenvalue weighted by molar-refractivity contribution is -0.142. The fourth-order valence-corrected chi connectivity index (χ4v) is 4.69. The predicted molar refractivity (Wildman–Crippen MR) is 134 cm³/mol. The van der Waals surface area contributed by atoms with Gasteiger partial charge in [-0.1, -0.05) is 68.8 Å². The molecule has 34 heavy (non-hydrogen) atoms. The van der Waals surface area contributed by atoms with Crippen molar-refractivity contribution in [2.75, 3.05) is 18.6 Å². The molecule has 1 aliphatic carbocycles. The largest absolute Gasteiger partial charge is 0.480 e. The Kier molecular flexibility index (Phi) is 8.98. The van der Waals surface area contributed by atoms with Crippen molar-refractivity contribution < 1.29 is 24.2 Å². The summed E-state index contributed by atoms with van der Waals surface area (Å²) in [7, 11) is 0. The summed E-state index contributed by atoms with van der Waals surface area (Å²) in [4.78, 5) is 37.2. The number of fused-ring (bicyclic) bond motifs is 3. The van der Waals surface area contributed by atoms with Gasteiger partial charge in [-0.05, 0) is 46.6 Å². The molecule has 0 saturated heterocycles. The first kappa shape index (κ1) is 25.6. The molecule has 0 radical (unpaired) electrons. The van der Waals surface area contributed by atoms with Crippen molar-refractivity contribution in [3.05, 3.63) is 59.7 Å². The van der Waals surface area contributed by atoms with Gasteiger partial charge in [0.1, 0.15) is 18.7 Å². The molecule has 2 amide bonds. The topological polar surface area (TPSA) is 105 Å². The monoisotopic (exact) mass is 484 g/mol. The molecule has 0 aromatic heterocycles. The zero-order valence-electron chi connectivity index (χ0n) is 19.7. The number of carbonyl (C=O) groups is 3. The van der Waals surface area contributed by atoms with Gasteiger partial charge in [0.2, 0.25) is 5.91 Å². The molecule has 3 N–H and O–H groups in total. The molecule has 0 fully saturated rings. The summed E-state index contributed by atoms with van der Waals surface area (Å²) in [5.41, 5.74) is 4.47. The minimum atomic E-state index is -1.09. The highest BCUT2D eigenvalue weighted by Crippen LogP contribution is 2.44. The number of amides is 2. The van der Waals surface area contributed by atoms with Crippen molar-refractivity contribution in [3.8, 4) is 11.1 Å². The van der Waals surface area contributed by atoms with Gasteiger partial charge in [0, 0.05) is 5.92 Å². The summed E-state index contributed by atoms with van der Waals surface area (Å²) in [5.74, 6) is -1.29. The van der Waals surface area contributed by atoms with Crippen molar-refractivity contribution in [1.29, 1.82) is 0 Å². The van der Waals surface area contributed by atoms with Crippen molar-refractivity contribution in [2.24, 2.45) is 5.92 Å². The first-order valence-electron chi connectivity index (χ1n) is 11.5. The maximum Gasteiger partial charge on any atom is 0.407 e. The third-order valence-electron chi connectivity index (χ3n) is 6.34. The Morgan fingerprint density at radius 1 is 1.03 bits per heavy atom. The molecule has 0 saturated carbocycles. The van der Waals surface area contributed by atoms with Crippen LogP contribution in [-0.2, 0) is 14.3 Å². The van der Waals surface area contributed by atoms with E-state index in [4.69, 9.17) is 4.74 Å². The normalized spacial score (nSPS) is 14.9. The summed E-state index contributed by atoms with van der Waals surface area (Å²) >= 11 is 1.51. The van der Waals surface area contributed by atoms with Crippen molar-refractivity contribution in [1.82, 2.24) is 10.6 Å². The fraction of sp³-hybridized carbons (Fsp3) is 0.423. The second-order valence-corrected chi connectivity index (χ2v) is 9.50. The zero-order chi connectivity index (χ0) is 24.7. The Labute approximate surface area is 204 Å². The molecule has 2 aromatic carbocycles. The van der Waals surface area contributed by atoms with Crippen LogP contribution in [0.5, 0.6) is 0 Å². The fourth-order valence-electron chi connectivity index (χ4n) is 4.22. The number of hydrogen-bond acceptors (Lipinski definition) is 5. The van der Waals surface area contributed by atoms with Crippen LogP contribution >= 0.6 is 11.8 Å². The highest BCUT2D eigenvalue weighted by Gasteiger charge is 2.32. The number of rotatable bonds is 11. The quantitative estimate of drug-likeness (QED) is 0.440. The van der Waals surface area contributed by atoms with E-state index < -0.39 is 30.1 Å². The smallest absolute Gasteiger partial charge is 0.407 e.